The molecule has 4 aromatic rings. The molecule has 1 aliphatic rings. The molecule has 1 unspecified atom stereocenters. The highest BCUT2D eigenvalue weighted by Gasteiger charge is 2.34. The van der Waals surface area contributed by atoms with Gasteiger partial charge in [-0.2, -0.15) is 0 Å². The maximum atomic E-state index is 13.7. The highest BCUT2D eigenvalue weighted by atomic mass is 16.5. The number of anilines is 2. The topological polar surface area (TPSA) is 93.7 Å². The summed E-state index contributed by atoms with van der Waals surface area (Å²) in [6, 6.07) is 33.3. The van der Waals surface area contributed by atoms with E-state index >= 15 is 0 Å². The summed E-state index contributed by atoms with van der Waals surface area (Å²) in [5.74, 6) is 0.994. The fraction of sp³-hybridized carbons (Fsp3) is 0.225. The fourth-order valence-electron chi connectivity index (χ4n) is 5.31. The van der Waals surface area contributed by atoms with Gasteiger partial charge in [0.2, 0.25) is 0 Å². The Balaban J connectivity index is 1.22. The molecule has 0 bridgehead atoms. The predicted octanol–water partition coefficient (Wildman–Crippen LogP) is 8.21. The molecule has 0 spiro atoms. The Bertz CT molecular complexity index is 1610. The lowest BCUT2D eigenvalue weighted by Crippen LogP contribution is -2.29. The highest BCUT2D eigenvalue weighted by Crippen LogP contribution is 2.42. The molecule has 1 atom stereocenters. The number of rotatable bonds is 10. The maximum absolute atomic E-state index is 13.7. The first-order valence-corrected chi connectivity index (χ1v) is 15.7. The minimum Gasteiger partial charge on any atom is -0.484 e. The zero-order valence-corrected chi connectivity index (χ0v) is 27.0. The Kier molecular flexibility index (Phi) is 10.7. The summed E-state index contributed by atoms with van der Waals surface area (Å²) in [5.41, 5.74) is 4.75. The lowest BCUT2D eigenvalue weighted by molar-refractivity contribution is -0.118. The molecule has 2 N–H and O–H groups in total. The molecular formula is C40H40N2O5. The van der Waals surface area contributed by atoms with Crippen LogP contribution in [0.3, 0.4) is 0 Å². The van der Waals surface area contributed by atoms with Gasteiger partial charge in [0.05, 0.1) is 0 Å². The van der Waals surface area contributed by atoms with Gasteiger partial charge in [-0.05, 0) is 96.0 Å². The summed E-state index contributed by atoms with van der Waals surface area (Å²) in [4.78, 5) is 38.2. The number of para-hydroxylation sites is 2. The molecule has 7 nitrogen and oxygen atoms in total. The van der Waals surface area contributed by atoms with Crippen LogP contribution in [0.25, 0.3) is 12.2 Å². The normalized spacial score (nSPS) is 16.5. The van der Waals surface area contributed by atoms with Crippen molar-refractivity contribution in [2.45, 2.75) is 33.6 Å². The Morgan fingerprint density at radius 3 is 1.38 bits per heavy atom. The van der Waals surface area contributed by atoms with Crippen molar-refractivity contribution in [3.05, 3.63) is 131 Å². The van der Waals surface area contributed by atoms with Gasteiger partial charge < -0.3 is 20.1 Å². The second-order valence-corrected chi connectivity index (χ2v) is 12.7. The molecule has 47 heavy (non-hydrogen) atoms. The minimum absolute atomic E-state index is 0.00885. The number of Topliss-reactive ketones (excluding diaryl/α,β-unsaturated/α-hetero) is 1. The van der Waals surface area contributed by atoms with Crippen molar-refractivity contribution in [2.24, 2.45) is 11.3 Å². The molecule has 0 radical (unpaired) electrons. The number of ether oxygens (including phenoxy) is 2. The molecule has 0 aromatic heterocycles. The quantitative estimate of drug-likeness (QED) is 0.173. The molecule has 7 heteroatoms. The van der Waals surface area contributed by atoms with Crippen LogP contribution >= 0.6 is 0 Å². The van der Waals surface area contributed by atoms with E-state index in [2.05, 4.69) is 31.4 Å². The lowest BCUT2D eigenvalue weighted by atomic mass is 9.68. The maximum Gasteiger partial charge on any atom is 0.262 e. The molecule has 2 amide bonds. The van der Waals surface area contributed by atoms with Gasteiger partial charge in [0.1, 0.15) is 11.5 Å². The first-order chi connectivity index (χ1) is 22.6. The van der Waals surface area contributed by atoms with Crippen LogP contribution in [0.2, 0.25) is 0 Å². The largest absolute Gasteiger partial charge is 0.484 e. The van der Waals surface area contributed by atoms with Crippen LogP contribution in [0.4, 0.5) is 11.4 Å². The van der Waals surface area contributed by atoms with E-state index in [0.29, 0.717) is 35.7 Å². The van der Waals surface area contributed by atoms with Gasteiger partial charge in [-0.25, -0.2) is 0 Å². The summed E-state index contributed by atoms with van der Waals surface area (Å²) in [6.45, 7) is 6.42. The van der Waals surface area contributed by atoms with Crippen molar-refractivity contribution in [2.75, 3.05) is 23.8 Å². The number of hydrogen-bond acceptors (Lipinski definition) is 5. The second kappa shape index (κ2) is 15.2. The van der Waals surface area contributed by atoms with Crippen LogP contribution in [0.15, 0.2) is 120 Å². The van der Waals surface area contributed by atoms with Crippen molar-refractivity contribution in [1.29, 1.82) is 0 Å². The number of amides is 2. The van der Waals surface area contributed by atoms with E-state index in [4.69, 9.17) is 9.47 Å². The number of carbonyl (C=O) groups excluding carboxylic acids is 3. The Labute approximate surface area is 276 Å². The zero-order valence-electron chi connectivity index (χ0n) is 27.0. The number of ketones is 1. The highest BCUT2D eigenvalue weighted by molar-refractivity contribution is 6.14. The number of benzene rings is 4. The van der Waals surface area contributed by atoms with Crippen molar-refractivity contribution >= 4 is 41.1 Å². The van der Waals surface area contributed by atoms with E-state index in [1.54, 1.807) is 0 Å². The summed E-state index contributed by atoms with van der Waals surface area (Å²) in [5, 5.41) is 5.61. The van der Waals surface area contributed by atoms with Crippen molar-refractivity contribution in [3.8, 4) is 11.5 Å². The van der Waals surface area contributed by atoms with E-state index in [-0.39, 0.29) is 42.1 Å². The summed E-state index contributed by atoms with van der Waals surface area (Å²) in [7, 11) is 0. The van der Waals surface area contributed by atoms with Crippen molar-refractivity contribution in [3.63, 3.8) is 0 Å². The monoisotopic (exact) mass is 628 g/mol. The zero-order chi connectivity index (χ0) is 33.2. The number of hydrogen-bond donors (Lipinski definition) is 2. The van der Waals surface area contributed by atoms with E-state index in [9.17, 15) is 14.4 Å². The standard InChI is InChI=1S/C40H40N2O5/c1-40(2,3)32-24-30(22-28-14-18-35(19-15-28)46-26-37(43)41-33-10-6-4-7-11-33)39(45)31(25-32)23-29-16-20-36(21-17-29)47-27-38(44)42-34-12-8-5-9-13-34/h4-23,32H,24-27H2,1-3H3,(H,41,43)(H,42,44)/b30-22-,31-23+. The third-order valence-electron chi connectivity index (χ3n) is 8.04. The Morgan fingerprint density at radius 1 is 0.638 bits per heavy atom. The average Bonchev–Trinajstić information content (AvgIpc) is 3.06. The predicted molar refractivity (Wildman–Crippen MR) is 187 cm³/mol. The molecule has 240 valence electrons. The molecular weight excluding hydrogens is 588 g/mol. The number of nitrogens with one attached hydrogen (secondary N) is 2. The SMILES string of the molecule is CC(C)(C)C1C/C(=C/c2ccc(OCC(=O)Nc3ccccc3)cc2)C(=O)/C(=C/c2ccc(OCC(=O)Nc3ccccc3)cc2)C1. The third kappa shape index (κ3) is 9.78. The Hall–Kier alpha value is -5.43. The summed E-state index contributed by atoms with van der Waals surface area (Å²) >= 11 is 0. The van der Waals surface area contributed by atoms with Gasteiger partial charge in [-0.3, -0.25) is 14.4 Å². The Morgan fingerprint density at radius 2 is 1.02 bits per heavy atom. The van der Waals surface area contributed by atoms with Crippen molar-refractivity contribution in [1.82, 2.24) is 0 Å². The molecule has 1 fully saturated rings. The van der Waals surface area contributed by atoms with Gasteiger partial charge in [0.15, 0.2) is 19.0 Å². The molecule has 4 aromatic carbocycles. The van der Waals surface area contributed by atoms with Crippen LogP contribution in [0.1, 0.15) is 44.7 Å². The van der Waals surface area contributed by atoms with E-state index in [1.807, 2.05) is 121 Å². The number of allylic oxidation sites excluding steroid dienone is 2. The van der Waals surface area contributed by atoms with Gasteiger partial charge >= 0.3 is 0 Å². The van der Waals surface area contributed by atoms with Gasteiger partial charge in [0.25, 0.3) is 11.8 Å². The first-order valence-electron chi connectivity index (χ1n) is 15.7. The average molecular weight is 629 g/mol. The molecule has 0 saturated heterocycles. The van der Waals surface area contributed by atoms with Gasteiger partial charge in [-0.15, -0.1) is 0 Å². The van der Waals surface area contributed by atoms with Crippen LogP contribution < -0.4 is 20.1 Å². The summed E-state index contributed by atoms with van der Waals surface area (Å²) < 4.78 is 11.3. The second-order valence-electron chi connectivity index (χ2n) is 12.7. The molecule has 5 rings (SSSR count). The van der Waals surface area contributed by atoms with Gasteiger partial charge in [0, 0.05) is 22.5 Å². The van der Waals surface area contributed by atoms with Crippen LogP contribution in [-0.4, -0.2) is 30.8 Å². The minimum atomic E-state index is -0.240. The summed E-state index contributed by atoms with van der Waals surface area (Å²) in [6.07, 6.45) is 5.29. The van der Waals surface area contributed by atoms with E-state index in [0.717, 1.165) is 22.3 Å². The van der Waals surface area contributed by atoms with E-state index in [1.165, 1.54) is 0 Å². The smallest absolute Gasteiger partial charge is 0.262 e. The number of carbonyl (C=O) groups is 3. The third-order valence-corrected chi connectivity index (χ3v) is 8.04. The molecule has 1 saturated carbocycles. The van der Waals surface area contributed by atoms with E-state index < -0.39 is 0 Å². The first kappa shape index (κ1) is 32.9. The van der Waals surface area contributed by atoms with Crippen molar-refractivity contribution < 1.29 is 23.9 Å². The molecule has 0 aliphatic heterocycles. The van der Waals surface area contributed by atoms with Crippen LogP contribution in [0.5, 0.6) is 11.5 Å². The van der Waals surface area contributed by atoms with Crippen LogP contribution in [0, 0.1) is 11.3 Å². The lowest BCUT2D eigenvalue weighted by Gasteiger charge is -2.35. The molecule has 1 aliphatic carbocycles. The molecule has 0 heterocycles. The van der Waals surface area contributed by atoms with Crippen LogP contribution in [-0.2, 0) is 14.4 Å². The van der Waals surface area contributed by atoms with Gasteiger partial charge in [-0.1, -0.05) is 81.4 Å². The fourth-order valence-corrected chi connectivity index (χ4v) is 5.31.